The normalized spacial score (nSPS) is 11.8. The summed E-state index contributed by atoms with van der Waals surface area (Å²) in [6.45, 7) is -0.467. The van der Waals surface area contributed by atoms with Gasteiger partial charge >= 0.3 is 0 Å². The molecule has 0 unspecified atom stereocenters. The third-order valence-electron chi connectivity index (χ3n) is 3.63. The molecule has 4 aromatic rings. The fourth-order valence-electron chi connectivity index (χ4n) is 2.65. The van der Waals surface area contributed by atoms with Crippen LogP contribution in [0.25, 0.3) is 27.9 Å². The van der Waals surface area contributed by atoms with Crippen molar-refractivity contribution in [3.63, 3.8) is 0 Å². The highest BCUT2D eigenvalue weighted by atomic mass is 19.3. The Morgan fingerprint density at radius 3 is 2.75 bits per heavy atom. The van der Waals surface area contributed by atoms with Crippen LogP contribution in [0, 0.1) is 0 Å². The first kappa shape index (κ1) is 14.3. The number of hydrogen-bond donors (Lipinski definition) is 2. The van der Waals surface area contributed by atoms with Crippen molar-refractivity contribution in [2.45, 2.75) is 13.0 Å². The Labute approximate surface area is 133 Å². The van der Waals surface area contributed by atoms with Gasteiger partial charge in [-0.1, -0.05) is 0 Å². The van der Waals surface area contributed by atoms with Gasteiger partial charge in [0.25, 0.3) is 6.43 Å². The highest BCUT2D eigenvalue weighted by molar-refractivity contribution is 5.88. The summed E-state index contributed by atoms with van der Waals surface area (Å²) in [5.74, 6) is 0.269. The Morgan fingerprint density at radius 1 is 1.12 bits per heavy atom. The molecule has 8 nitrogen and oxygen atoms in total. The van der Waals surface area contributed by atoms with Crippen LogP contribution in [0.4, 0.5) is 20.5 Å². The van der Waals surface area contributed by atoms with Crippen LogP contribution < -0.4 is 11.5 Å². The first-order valence-electron chi connectivity index (χ1n) is 7.03. The second-order valence-corrected chi connectivity index (χ2v) is 5.21. The van der Waals surface area contributed by atoms with E-state index in [0.717, 1.165) is 0 Å². The molecule has 4 N–H and O–H groups in total. The number of pyridine rings is 1. The summed E-state index contributed by atoms with van der Waals surface area (Å²) in [4.78, 5) is 12.5. The molecule has 0 aliphatic carbocycles. The summed E-state index contributed by atoms with van der Waals surface area (Å²) in [5.41, 5.74) is 14.2. The Hall–Kier alpha value is -3.30. The molecule has 0 spiro atoms. The summed E-state index contributed by atoms with van der Waals surface area (Å²) in [6, 6.07) is 5.23. The zero-order chi connectivity index (χ0) is 16.8. The van der Waals surface area contributed by atoms with Crippen LogP contribution in [0.5, 0.6) is 0 Å². The van der Waals surface area contributed by atoms with E-state index in [-0.39, 0.29) is 11.8 Å². The maximum Gasteiger partial charge on any atom is 0.256 e. The smallest absolute Gasteiger partial charge is 0.256 e. The lowest BCUT2D eigenvalue weighted by Gasteiger charge is -2.05. The zero-order valence-corrected chi connectivity index (χ0v) is 12.3. The van der Waals surface area contributed by atoms with E-state index in [4.69, 9.17) is 11.5 Å². The number of nitrogens with two attached hydrogens (primary N) is 2. The summed E-state index contributed by atoms with van der Waals surface area (Å²) >= 11 is 0. The third kappa shape index (κ3) is 2.19. The predicted octanol–water partition coefficient (Wildman–Crippen LogP) is 1.57. The summed E-state index contributed by atoms with van der Waals surface area (Å²) < 4.78 is 28.2. The van der Waals surface area contributed by atoms with Gasteiger partial charge in [-0.15, -0.1) is 5.10 Å². The number of alkyl halides is 2. The molecule has 0 aliphatic heterocycles. The molecule has 0 saturated heterocycles. The van der Waals surface area contributed by atoms with Gasteiger partial charge in [0.05, 0.1) is 18.6 Å². The summed E-state index contributed by atoms with van der Waals surface area (Å²) in [7, 11) is 0. The van der Waals surface area contributed by atoms with Crippen LogP contribution in [0.3, 0.4) is 0 Å². The van der Waals surface area contributed by atoms with Crippen LogP contribution in [0.2, 0.25) is 0 Å². The largest absolute Gasteiger partial charge is 0.382 e. The van der Waals surface area contributed by atoms with Gasteiger partial charge in [-0.05, 0) is 18.2 Å². The Kier molecular flexibility index (Phi) is 3.05. The fraction of sp³-hybridized carbons (Fsp3) is 0.143. The van der Waals surface area contributed by atoms with Gasteiger partial charge in [0.2, 0.25) is 5.95 Å². The second-order valence-electron chi connectivity index (χ2n) is 5.21. The Bertz CT molecular complexity index is 1050. The molecule has 122 valence electrons. The molecular weight excluding hydrogens is 318 g/mol. The molecular formula is C14H12F2N8. The van der Waals surface area contributed by atoms with Crippen LogP contribution in [-0.2, 0) is 6.54 Å². The fourth-order valence-corrected chi connectivity index (χ4v) is 2.65. The van der Waals surface area contributed by atoms with Crippen LogP contribution in [0.1, 0.15) is 0 Å². The number of nitrogen functional groups attached to an aromatic ring is 2. The molecule has 4 aromatic heterocycles. The third-order valence-corrected chi connectivity index (χ3v) is 3.63. The molecule has 0 fully saturated rings. The van der Waals surface area contributed by atoms with Gasteiger partial charge < -0.3 is 16.0 Å². The SMILES string of the molecule is Nc1nc(N)c2c(-c3ccc4ncn(CC(F)F)c4n3)ccn2n1. The molecule has 24 heavy (non-hydrogen) atoms. The summed E-state index contributed by atoms with van der Waals surface area (Å²) in [6.07, 6.45) is 0.542. The van der Waals surface area contributed by atoms with Crippen molar-refractivity contribution in [3.05, 3.63) is 30.7 Å². The van der Waals surface area contributed by atoms with Crippen molar-refractivity contribution >= 4 is 28.4 Å². The van der Waals surface area contributed by atoms with E-state index >= 15 is 0 Å². The van der Waals surface area contributed by atoms with Crippen molar-refractivity contribution < 1.29 is 8.78 Å². The molecule has 0 atom stereocenters. The molecule has 0 amide bonds. The number of halogens is 2. The minimum atomic E-state index is -2.49. The molecule has 4 heterocycles. The topological polar surface area (TPSA) is 113 Å². The number of anilines is 2. The maximum atomic E-state index is 12.7. The average molecular weight is 330 g/mol. The molecule has 10 heteroatoms. The van der Waals surface area contributed by atoms with E-state index < -0.39 is 13.0 Å². The highest BCUT2D eigenvalue weighted by Crippen LogP contribution is 2.28. The van der Waals surface area contributed by atoms with Gasteiger partial charge in [-0.25, -0.2) is 23.3 Å². The second kappa shape index (κ2) is 5.11. The van der Waals surface area contributed by atoms with E-state index in [9.17, 15) is 8.78 Å². The number of rotatable bonds is 3. The van der Waals surface area contributed by atoms with E-state index in [0.29, 0.717) is 27.9 Å². The Balaban J connectivity index is 1.90. The lowest BCUT2D eigenvalue weighted by Crippen LogP contribution is -2.06. The average Bonchev–Trinajstić information content (AvgIpc) is 3.11. The minimum absolute atomic E-state index is 0.0561. The summed E-state index contributed by atoms with van der Waals surface area (Å²) in [5, 5.41) is 4.05. The molecule has 0 saturated carbocycles. The number of imidazole rings is 1. The van der Waals surface area contributed by atoms with Crippen LogP contribution in [-0.4, -0.2) is 35.6 Å². The molecule has 0 aliphatic rings. The van der Waals surface area contributed by atoms with Crippen LogP contribution in [0.15, 0.2) is 30.7 Å². The van der Waals surface area contributed by atoms with Gasteiger partial charge in [0.1, 0.15) is 11.0 Å². The minimum Gasteiger partial charge on any atom is -0.382 e. The monoisotopic (exact) mass is 330 g/mol. The molecule has 0 aromatic carbocycles. The maximum absolute atomic E-state index is 12.7. The van der Waals surface area contributed by atoms with Gasteiger partial charge in [-0.3, -0.25) is 0 Å². The molecule has 4 rings (SSSR count). The first-order valence-corrected chi connectivity index (χ1v) is 7.03. The van der Waals surface area contributed by atoms with Gasteiger partial charge in [-0.2, -0.15) is 4.98 Å². The van der Waals surface area contributed by atoms with E-state index in [1.807, 2.05) is 0 Å². The van der Waals surface area contributed by atoms with Crippen molar-refractivity contribution in [2.24, 2.45) is 0 Å². The van der Waals surface area contributed by atoms with Gasteiger partial charge in [0, 0.05) is 11.8 Å². The number of fused-ring (bicyclic) bond motifs is 2. The van der Waals surface area contributed by atoms with Gasteiger partial charge in [0.15, 0.2) is 11.5 Å². The quantitative estimate of drug-likeness (QED) is 0.589. The number of nitrogens with zero attached hydrogens (tertiary/aromatic N) is 6. The lowest BCUT2D eigenvalue weighted by atomic mass is 10.2. The first-order chi connectivity index (χ1) is 11.5. The van der Waals surface area contributed by atoms with E-state index in [2.05, 4.69) is 20.1 Å². The van der Waals surface area contributed by atoms with Crippen molar-refractivity contribution in [1.82, 2.24) is 29.1 Å². The van der Waals surface area contributed by atoms with E-state index in [1.165, 1.54) is 15.4 Å². The molecule has 0 radical (unpaired) electrons. The highest BCUT2D eigenvalue weighted by Gasteiger charge is 2.15. The van der Waals surface area contributed by atoms with Crippen molar-refractivity contribution in [1.29, 1.82) is 0 Å². The number of aromatic nitrogens is 6. The molecule has 0 bridgehead atoms. The van der Waals surface area contributed by atoms with Crippen molar-refractivity contribution in [3.8, 4) is 11.3 Å². The Morgan fingerprint density at radius 2 is 1.96 bits per heavy atom. The van der Waals surface area contributed by atoms with E-state index in [1.54, 1.807) is 24.4 Å². The van der Waals surface area contributed by atoms with Crippen molar-refractivity contribution in [2.75, 3.05) is 11.5 Å². The lowest BCUT2D eigenvalue weighted by molar-refractivity contribution is 0.128. The standard InChI is InChI=1S/C14H12F2N8/c15-10(16)5-23-6-19-9-2-1-8(20-13(9)23)7-3-4-24-11(7)12(17)21-14(18)22-24/h1-4,6,10H,5H2,(H4,17,18,21,22). The zero-order valence-electron chi connectivity index (χ0n) is 12.3. The number of hydrogen-bond acceptors (Lipinski definition) is 6. The van der Waals surface area contributed by atoms with Crippen LogP contribution >= 0.6 is 0 Å². The predicted molar refractivity (Wildman–Crippen MR) is 84.3 cm³/mol.